The third kappa shape index (κ3) is 2.87. The van der Waals surface area contributed by atoms with Gasteiger partial charge in [-0.3, -0.25) is 5.10 Å². The number of hydrogen-bond donors (Lipinski definition) is 2. The maximum atomic E-state index is 4.88. The van der Waals surface area contributed by atoms with E-state index in [1.54, 1.807) is 17.5 Å². The van der Waals surface area contributed by atoms with E-state index in [2.05, 4.69) is 44.8 Å². The SMILES string of the molecule is C1=Cc2sc(-c3nc(Nc4ccc5[nH]ncc5c4)c4cccnc4n3)cc2CC1. The maximum Gasteiger partial charge on any atom is 0.173 e. The minimum Gasteiger partial charge on any atom is -0.340 e. The fraction of sp³-hybridized carbons (Fsp3) is 0.0909. The van der Waals surface area contributed by atoms with Gasteiger partial charge in [-0.1, -0.05) is 6.08 Å². The molecule has 0 unspecified atom stereocenters. The van der Waals surface area contributed by atoms with E-state index in [4.69, 9.17) is 9.97 Å². The van der Waals surface area contributed by atoms with Crippen LogP contribution in [0.25, 0.3) is 38.7 Å². The van der Waals surface area contributed by atoms with Crippen LogP contribution in [0.5, 0.6) is 0 Å². The van der Waals surface area contributed by atoms with Crippen molar-refractivity contribution in [2.24, 2.45) is 0 Å². The molecule has 0 spiro atoms. The molecule has 0 bridgehead atoms. The van der Waals surface area contributed by atoms with E-state index in [0.29, 0.717) is 11.5 Å². The summed E-state index contributed by atoms with van der Waals surface area (Å²) >= 11 is 1.74. The molecule has 5 aromatic rings. The molecule has 0 saturated carbocycles. The average Bonchev–Trinajstić information content (AvgIpc) is 3.40. The molecule has 6 rings (SSSR count). The Bertz CT molecular complexity index is 1400. The summed E-state index contributed by atoms with van der Waals surface area (Å²) in [4.78, 5) is 16.5. The summed E-state index contributed by atoms with van der Waals surface area (Å²) in [7, 11) is 0. The zero-order chi connectivity index (χ0) is 19.2. The van der Waals surface area contributed by atoms with Crippen LogP contribution in [0.3, 0.4) is 0 Å². The molecule has 0 saturated heterocycles. The molecule has 6 nitrogen and oxygen atoms in total. The summed E-state index contributed by atoms with van der Waals surface area (Å²) in [5.74, 6) is 1.46. The van der Waals surface area contributed by atoms with Crippen LogP contribution in [0, 0.1) is 0 Å². The third-order valence-electron chi connectivity index (χ3n) is 5.09. The molecule has 0 aliphatic heterocycles. The highest BCUT2D eigenvalue weighted by atomic mass is 32.1. The van der Waals surface area contributed by atoms with Gasteiger partial charge in [0.1, 0.15) is 5.82 Å². The minimum absolute atomic E-state index is 0.686. The van der Waals surface area contributed by atoms with Crippen LogP contribution in [0.15, 0.2) is 54.9 Å². The third-order valence-corrected chi connectivity index (χ3v) is 6.22. The number of nitrogens with zero attached hydrogens (tertiary/aromatic N) is 4. The average molecular weight is 396 g/mol. The standard InChI is InChI=1S/C22H16N6S/c1-2-6-18-13(4-1)11-19(29-18)22-26-20-16(5-3-9-23-20)21(27-22)25-15-7-8-17-14(10-15)12-24-28-17/h2-3,5-12H,1,4H2,(H,24,28)(H,23,25,26,27). The zero-order valence-electron chi connectivity index (χ0n) is 15.4. The molecule has 29 heavy (non-hydrogen) atoms. The van der Waals surface area contributed by atoms with Gasteiger partial charge in [-0.15, -0.1) is 11.3 Å². The Labute approximate surface area is 170 Å². The van der Waals surface area contributed by atoms with Crippen LogP contribution in [0.1, 0.15) is 16.9 Å². The van der Waals surface area contributed by atoms with Crippen molar-refractivity contribution in [2.45, 2.75) is 12.8 Å². The number of anilines is 2. The number of pyridine rings is 1. The number of fused-ring (bicyclic) bond motifs is 3. The first-order chi connectivity index (χ1) is 14.3. The summed E-state index contributed by atoms with van der Waals surface area (Å²) in [6.07, 6.45) is 10.2. The number of rotatable bonds is 3. The zero-order valence-corrected chi connectivity index (χ0v) is 16.2. The predicted molar refractivity (Wildman–Crippen MR) is 117 cm³/mol. The number of aromatic amines is 1. The number of hydrogen-bond acceptors (Lipinski definition) is 6. The maximum absolute atomic E-state index is 4.88. The molecule has 1 aliphatic rings. The number of benzene rings is 1. The smallest absolute Gasteiger partial charge is 0.173 e. The topological polar surface area (TPSA) is 79.4 Å². The van der Waals surface area contributed by atoms with E-state index in [1.807, 2.05) is 30.5 Å². The van der Waals surface area contributed by atoms with Gasteiger partial charge < -0.3 is 5.32 Å². The van der Waals surface area contributed by atoms with Crippen molar-refractivity contribution in [1.29, 1.82) is 0 Å². The second-order valence-corrected chi connectivity index (χ2v) is 8.09. The highest BCUT2D eigenvalue weighted by molar-refractivity contribution is 7.16. The fourth-order valence-electron chi connectivity index (χ4n) is 3.64. The molecule has 2 N–H and O–H groups in total. The first-order valence-electron chi connectivity index (χ1n) is 9.46. The van der Waals surface area contributed by atoms with Crippen molar-refractivity contribution in [2.75, 3.05) is 5.32 Å². The van der Waals surface area contributed by atoms with Gasteiger partial charge in [0, 0.05) is 22.1 Å². The van der Waals surface area contributed by atoms with Gasteiger partial charge in [-0.25, -0.2) is 15.0 Å². The number of thiophene rings is 1. The molecule has 4 heterocycles. The molecule has 1 aliphatic carbocycles. The molecule has 1 aromatic carbocycles. The Morgan fingerprint density at radius 1 is 1.10 bits per heavy atom. The number of allylic oxidation sites excluding steroid dienone is 1. The molecular formula is C22H16N6S. The first kappa shape index (κ1) is 16.4. The molecular weight excluding hydrogens is 380 g/mol. The van der Waals surface area contributed by atoms with Crippen LogP contribution in [-0.4, -0.2) is 25.1 Å². The van der Waals surface area contributed by atoms with Crippen molar-refractivity contribution in [1.82, 2.24) is 25.1 Å². The Hall–Kier alpha value is -3.58. The summed E-state index contributed by atoms with van der Waals surface area (Å²) < 4.78 is 0. The summed E-state index contributed by atoms with van der Waals surface area (Å²) in [5.41, 5.74) is 4.01. The van der Waals surface area contributed by atoms with Gasteiger partial charge in [0.15, 0.2) is 11.5 Å². The largest absolute Gasteiger partial charge is 0.340 e. The van der Waals surface area contributed by atoms with Crippen molar-refractivity contribution in [3.63, 3.8) is 0 Å². The Morgan fingerprint density at radius 2 is 2.10 bits per heavy atom. The number of H-pyrrole nitrogens is 1. The predicted octanol–water partition coefficient (Wildman–Crippen LogP) is 5.33. The number of aryl methyl sites for hydroxylation is 1. The lowest BCUT2D eigenvalue weighted by atomic mass is 10.1. The number of nitrogens with one attached hydrogen (secondary N) is 2. The van der Waals surface area contributed by atoms with E-state index in [-0.39, 0.29) is 0 Å². The minimum atomic E-state index is 0.686. The Morgan fingerprint density at radius 3 is 3.07 bits per heavy atom. The quantitative estimate of drug-likeness (QED) is 0.431. The molecule has 140 valence electrons. The lowest BCUT2D eigenvalue weighted by Gasteiger charge is -2.10. The van der Waals surface area contributed by atoms with Crippen molar-refractivity contribution >= 4 is 50.9 Å². The molecule has 0 amide bonds. The van der Waals surface area contributed by atoms with E-state index in [9.17, 15) is 0 Å². The van der Waals surface area contributed by atoms with Gasteiger partial charge in [-0.05, 0) is 60.9 Å². The first-order valence-corrected chi connectivity index (χ1v) is 10.3. The van der Waals surface area contributed by atoms with Gasteiger partial charge in [0.25, 0.3) is 0 Å². The van der Waals surface area contributed by atoms with Crippen molar-refractivity contribution < 1.29 is 0 Å². The summed E-state index contributed by atoms with van der Waals surface area (Å²) in [5, 5.41) is 12.5. The van der Waals surface area contributed by atoms with Gasteiger partial charge >= 0.3 is 0 Å². The highest BCUT2D eigenvalue weighted by Crippen LogP contribution is 2.35. The van der Waals surface area contributed by atoms with Crippen molar-refractivity contribution in [3.05, 3.63) is 65.3 Å². The lowest BCUT2D eigenvalue weighted by Crippen LogP contribution is -1.99. The normalized spacial score (nSPS) is 13.1. The molecule has 0 radical (unpaired) electrons. The Kier molecular flexibility index (Phi) is 3.67. The summed E-state index contributed by atoms with van der Waals surface area (Å²) in [6.45, 7) is 0. The van der Waals surface area contributed by atoms with Crippen LogP contribution < -0.4 is 5.32 Å². The van der Waals surface area contributed by atoms with Gasteiger partial charge in [0.05, 0.1) is 22.0 Å². The summed E-state index contributed by atoms with van der Waals surface area (Å²) in [6, 6.07) is 12.2. The van der Waals surface area contributed by atoms with Crippen molar-refractivity contribution in [3.8, 4) is 10.7 Å². The van der Waals surface area contributed by atoms with Gasteiger partial charge in [-0.2, -0.15) is 5.10 Å². The molecule has 0 fully saturated rings. The van der Waals surface area contributed by atoms with Crippen LogP contribution in [0.4, 0.5) is 11.5 Å². The van der Waals surface area contributed by atoms with E-state index < -0.39 is 0 Å². The van der Waals surface area contributed by atoms with E-state index in [0.717, 1.165) is 45.5 Å². The second-order valence-electron chi connectivity index (χ2n) is 7.01. The molecule has 0 atom stereocenters. The van der Waals surface area contributed by atoms with E-state index in [1.165, 1.54) is 10.4 Å². The highest BCUT2D eigenvalue weighted by Gasteiger charge is 2.16. The monoisotopic (exact) mass is 396 g/mol. The Balaban J connectivity index is 1.48. The van der Waals surface area contributed by atoms with Crippen LogP contribution in [-0.2, 0) is 6.42 Å². The fourth-order valence-corrected chi connectivity index (χ4v) is 4.72. The second kappa shape index (κ2) is 6.49. The molecule has 4 aromatic heterocycles. The van der Waals surface area contributed by atoms with Crippen LogP contribution >= 0.6 is 11.3 Å². The van der Waals surface area contributed by atoms with Gasteiger partial charge in [0.2, 0.25) is 0 Å². The number of aromatic nitrogens is 5. The molecule has 7 heteroatoms. The van der Waals surface area contributed by atoms with Crippen LogP contribution in [0.2, 0.25) is 0 Å². The van der Waals surface area contributed by atoms with E-state index >= 15 is 0 Å². The lowest BCUT2D eigenvalue weighted by molar-refractivity contribution is 0.996.